The summed E-state index contributed by atoms with van der Waals surface area (Å²) >= 11 is 0. The molecule has 12 heavy (non-hydrogen) atoms. The molecule has 1 aliphatic heterocycles. The van der Waals surface area contributed by atoms with Gasteiger partial charge in [-0.05, 0) is 0 Å². The molecule has 0 saturated carbocycles. The second kappa shape index (κ2) is 7.25. The Kier molecular flexibility index (Phi) is 6.59. The second-order valence-corrected chi connectivity index (χ2v) is 28.8. The molecule has 1 atom stereocenters. The molecule has 1 saturated heterocycles. The normalized spacial score (nSPS) is 30.2. The highest BCUT2D eigenvalue weighted by atomic mass is 29.7. The summed E-state index contributed by atoms with van der Waals surface area (Å²) in [6.07, 6.45) is 7.25. The van der Waals surface area contributed by atoms with Crippen molar-refractivity contribution in [1.82, 2.24) is 0 Å². The summed E-state index contributed by atoms with van der Waals surface area (Å²) in [6.45, 7) is 2.30. The molecule has 0 amide bonds. The fraction of sp³-hybridized carbons (Fsp3) is 1.00. The van der Waals surface area contributed by atoms with E-state index in [1.54, 1.807) is 12.5 Å². The van der Waals surface area contributed by atoms with Crippen molar-refractivity contribution in [2.24, 2.45) is 0 Å². The Morgan fingerprint density at radius 2 is 2.25 bits per heavy atom. The van der Waals surface area contributed by atoms with Crippen LogP contribution >= 0.6 is 0 Å². The van der Waals surface area contributed by atoms with E-state index in [4.69, 9.17) is 4.43 Å². The van der Waals surface area contributed by atoms with Crippen LogP contribution in [0.4, 0.5) is 0 Å². The number of rotatable bonds is 5. The van der Waals surface area contributed by atoms with Crippen LogP contribution in [0.1, 0.15) is 32.6 Å². The van der Waals surface area contributed by atoms with Crippen LogP contribution in [0.25, 0.3) is 0 Å². The SMILES string of the molecule is CCCCCC[SiH]1CO[SiH2][SiH2][SiH2]1. The molecule has 1 heterocycles. The second-order valence-electron chi connectivity index (χ2n) is 3.93. The molecule has 0 aromatic rings. The van der Waals surface area contributed by atoms with Gasteiger partial charge in [0, 0.05) is 23.3 Å². The van der Waals surface area contributed by atoms with E-state index < -0.39 is 0 Å². The van der Waals surface area contributed by atoms with Crippen LogP contribution in [0.5, 0.6) is 0 Å². The maximum Gasteiger partial charge on any atom is 0.139 e. The molecular weight excluding hydrogens is 212 g/mol. The van der Waals surface area contributed by atoms with Crippen LogP contribution in [0.15, 0.2) is 0 Å². The summed E-state index contributed by atoms with van der Waals surface area (Å²) in [5.74, 6) is 0. The van der Waals surface area contributed by atoms with Crippen molar-refractivity contribution in [2.75, 3.05) is 6.23 Å². The van der Waals surface area contributed by atoms with Gasteiger partial charge in [0.2, 0.25) is 0 Å². The van der Waals surface area contributed by atoms with Crippen LogP contribution in [0.2, 0.25) is 6.04 Å². The zero-order valence-electron chi connectivity index (χ0n) is 8.35. The summed E-state index contributed by atoms with van der Waals surface area (Å²) in [4.78, 5) is 0. The van der Waals surface area contributed by atoms with Gasteiger partial charge in [0.25, 0.3) is 0 Å². The fourth-order valence-corrected chi connectivity index (χ4v) is 47.1. The highest BCUT2D eigenvalue weighted by Gasteiger charge is 2.15. The quantitative estimate of drug-likeness (QED) is 0.443. The van der Waals surface area contributed by atoms with Gasteiger partial charge in [-0.2, -0.15) is 0 Å². The Morgan fingerprint density at radius 1 is 1.33 bits per heavy atom. The van der Waals surface area contributed by atoms with Crippen LogP contribution < -0.4 is 0 Å². The molecule has 1 unspecified atom stereocenters. The van der Waals surface area contributed by atoms with Crippen molar-refractivity contribution in [1.29, 1.82) is 0 Å². The third-order valence-corrected chi connectivity index (χ3v) is 39.1. The Morgan fingerprint density at radius 3 is 2.92 bits per heavy atom. The van der Waals surface area contributed by atoms with Gasteiger partial charge < -0.3 is 4.43 Å². The Bertz CT molecular complexity index is 106. The van der Waals surface area contributed by atoms with Crippen LogP contribution in [0, 0.1) is 0 Å². The van der Waals surface area contributed by atoms with Gasteiger partial charge in [-0.15, -0.1) is 0 Å². The van der Waals surface area contributed by atoms with Gasteiger partial charge in [0.1, 0.15) is 9.28 Å². The molecule has 0 bridgehead atoms. The zero-order valence-corrected chi connectivity index (χ0v) is 13.7. The summed E-state index contributed by atoms with van der Waals surface area (Å²) in [5, 5.41) is 0. The van der Waals surface area contributed by atoms with Gasteiger partial charge in [-0.1, -0.05) is 38.7 Å². The van der Waals surface area contributed by atoms with E-state index in [0.29, 0.717) is 17.1 Å². The number of unbranched alkanes of at least 4 members (excludes halogenated alkanes) is 3. The molecule has 1 aliphatic rings. The predicted molar refractivity (Wildman–Crippen MR) is 67.7 cm³/mol. The first kappa shape index (κ1) is 10.9. The first-order valence-corrected chi connectivity index (χ1v) is 19.0. The average Bonchev–Trinajstić information content (AvgIpc) is 2.14. The van der Waals surface area contributed by atoms with E-state index in [2.05, 4.69) is 6.92 Å². The molecule has 1 fully saturated rings. The van der Waals surface area contributed by atoms with E-state index in [0.717, 1.165) is 0 Å². The molecule has 0 spiro atoms. The van der Waals surface area contributed by atoms with Crippen molar-refractivity contribution < 1.29 is 4.43 Å². The lowest BCUT2D eigenvalue weighted by Gasteiger charge is -2.19. The summed E-state index contributed by atoms with van der Waals surface area (Å²) in [5.41, 5.74) is 0. The third-order valence-electron chi connectivity index (χ3n) is 2.72. The Hall–Kier alpha value is 0.828. The highest BCUT2D eigenvalue weighted by molar-refractivity contribution is 7.48. The molecule has 0 aromatic heterocycles. The monoisotopic (exact) mass is 234 g/mol. The van der Waals surface area contributed by atoms with E-state index in [-0.39, 0.29) is 17.6 Å². The molecule has 1 nitrogen and oxygen atoms in total. The van der Waals surface area contributed by atoms with Gasteiger partial charge in [-0.25, -0.2) is 0 Å². The van der Waals surface area contributed by atoms with Crippen LogP contribution in [0.3, 0.4) is 0 Å². The summed E-state index contributed by atoms with van der Waals surface area (Å²) in [6, 6.07) is 1.66. The molecule has 0 N–H and O–H groups in total. The fourth-order valence-electron chi connectivity index (χ4n) is 1.89. The van der Waals surface area contributed by atoms with Crippen LogP contribution in [-0.2, 0) is 4.43 Å². The Labute approximate surface area is 84.2 Å². The molecular formula is C7H22OSi4. The average molecular weight is 235 g/mol. The lowest BCUT2D eigenvalue weighted by atomic mass is 10.2. The minimum absolute atomic E-state index is 0.156. The van der Waals surface area contributed by atoms with E-state index in [1.807, 2.05) is 0 Å². The van der Waals surface area contributed by atoms with Crippen molar-refractivity contribution in [3.63, 3.8) is 0 Å². The molecule has 0 aromatic carbocycles. The zero-order chi connectivity index (χ0) is 8.65. The first-order valence-electron chi connectivity index (χ1n) is 5.51. The lowest BCUT2D eigenvalue weighted by Crippen LogP contribution is -2.41. The Balaban J connectivity index is 1.91. The van der Waals surface area contributed by atoms with E-state index in [1.165, 1.54) is 25.5 Å². The highest BCUT2D eigenvalue weighted by Crippen LogP contribution is 2.06. The maximum atomic E-state index is 5.74. The largest absolute Gasteiger partial charge is 0.432 e. The molecule has 0 radical (unpaired) electrons. The molecule has 1 rings (SSSR count). The van der Waals surface area contributed by atoms with Gasteiger partial charge >= 0.3 is 0 Å². The predicted octanol–water partition coefficient (Wildman–Crippen LogP) is -0.889. The van der Waals surface area contributed by atoms with Crippen molar-refractivity contribution >= 4 is 34.7 Å². The molecule has 0 aliphatic carbocycles. The molecule has 72 valence electrons. The standard InChI is InChI=1S/C7H22OSi4/c1-2-3-4-5-6-12-7-8-9-10-11-12/h12H,2-7,9-11H2,1H3. The van der Waals surface area contributed by atoms with Gasteiger partial charge in [0.05, 0.1) is 8.31 Å². The van der Waals surface area contributed by atoms with Gasteiger partial charge in [-0.3, -0.25) is 0 Å². The van der Waals surface area contributed by atoms with E-state index in [9.17, 15) is 0 Å². The minimum Gasteiger partial charge on any atom is -0.432 e. The number of hydrogen-bond donors (Lipinski definition) is 0. The van der Waals surface area contributed by atoms with Crippen molar-refractivity contribution in [3.05, 3.63) is 0 Å². The lowest BCUT2D eigenvalue weighted by molar-refractivity contribution is 0.416. The number of hydrogen-bond acceptors (Lipinski definition) is 1. The van der Waals surface area contributed by atoms with Crippen LogP contribution in [-0.4, -0.2) is 40.9 Å². The third kappa shape index (κ3) is 4.76. The van der Waals surface area contributed by atoms with Gasteiger partial charge in [0.15, 0.2) is 0 Å². The summed E-state index contributed by atoms with van der Waals surface area (Å²) in [7, 11) is 1.17. The molecule has 5 heteroatoms. The summed E-state index contributed by atoms with van der Waals surface area (Å²) < 4.78 is 5.74. The topological polar surface area (TPSA) is 9.23 Å². The smallest absolute Gasteiger partial charge is 0.139 e. The minimum atomic E-state index is -0.156. The van der Waals surface area contributed by atoms with Crippen molar-refractivity contribution in [3.8, 4) is 0 Å². The maximum absolute atomic E-state index is 5.74. The van der Waals surface area contributed by atoms with E-state index >= 15 is 0 Å². The first-order chi connectivity index (χ1) is 5.93. The van der Waals surface area contributed by atoms with Crippen molar-refractivity contribution in [2.45, 2.75) is 38.7 Å².